The molecule has 3 atom stereocenters. The van der Waals surface area contributed by atoms with E-state index in [4.69, 9.17) is 0 Å². The predicted octanol–water partition coefficient (Wildman–Crippen LogP) is 4.01. The molecule has 2 heteroatoms. The Morgan fingerprint density at radius 2 is 2.00 bits per heavy atom. The fourth-order valence-electron chi connectivity index (χ4n) is 1.31. The monoisotopic (exact) mass is 308 g/mol. The summed E-state index contributed by atoms with van der Waals surface area (Å²) in [7, 11) is 0. The Labute approximate surface area is 101 Å². The van der Waals surface area contributed by atoms with Crippen LogP contribution in [0.1, 0.15) is 40.5 Å². The Kier molecular flexibility index (Phi) is 7.51. The Morgan fingerprint density at radius 3 is 2.43 bits per heavy atom. The van der Waals surface area contributed by atoms with Crippen molar-refractivity contribution in [2.75, 3.05) is 0 Å². The zero-order valence-electron chi connectivity index (χ0n) is 9.59. The summed E-state index contributed by atoms with van der Waals surface area (Å²) in [4.78, 5) is 10.3. The second kappa shape index (κ2) is 7.43. The third-order valence-corrected chi connectivity index (χ3v) is 4.39. The van der Waals surface area contributed by atoms with Gasteiger partial charge in [-0.25, -0.2) is 0 Å². The lowest BCUT2D eigenvalue weighted by Gasteiger charge is -2.22. The highest BCUT2D eigenvalue weighted by Crippen LogP contribution is 2.26. The highest BCUT2D eigenvalue weighted by Gasteiger charge is 2.17. The van der Waals surface area contributed by atoms with Crippen LogP contribution in [0.3, 0.4) is 0 Å². The molecule has 14 heavy (non-hydrogen) atoms. The van der Waals surface area contributed by atoms with Crippen molar-refractivity contribution >= 4 is 28.9 Å². The minimum Gasteiger partial charge on any atom is -0.303 e. The summed E-state index contributed by atoms with van der Waals surface area (Å²) in [5.41, 5.74) is 1.19. The average Bonchev–Trinajstić information content (AvgIpc) is 2.15. The van der Waals surface area contributed by atoms with Crippen molar-refractivity contribution in [3.05, 3.63) is 11.6 Å². The van der Waals surface area contributed by atoms with Crippen molar-refractivity contribution in [2.24, 2.45) is 11.8 Å². The highest BCUT2D eigenvalue weighted by molar-refractivity contribution is 14.1. The molecule has 0 N–H and O–H groups in total. The molecule has 0 amide bonds. The van der Waals surface area contributed by atoms with Crippen molar-refractivity contribution in [3.63, 3.8) is 0 Å². The van der Waals surface area contributed by atoms with Crippen LogP contribution >= 0.6 is 22.6 Å². The largest absolute Gasteiger partial charge is 0.303 e. The predicted molar refractivity (Wildman–Crippen MR) is 70.9 cm³/mol. The normalized spacial score (nSPS) is 18.8. The number of aldehydes is 1. The van der Waals surface area contributed by atoms with Gasteiger partial charge in [-0.05, 0) is 18.8 Å². The van der Waals surface area contributed by atoms with Crippen molar-refractivity contribution < 1.29 is 4.79 Å². The highest BCUT2D eigenvalue weighted by atomic mass is 127. The van der Waals surface area contributed by atoms with Crippen molar-refractivity contribution in [1.29, 1.82) is 0 Å². The number of hydrogen-bond donors (Lipinski definition) is 0. The minimum absolute atomic E-state index is 0.544. The fraction of sp³-hybridized carbons (Fsp3) is 0.750. The van der Waals surface area contributed by atoms with Gasteiger partial charge in [0.2, 0.25) is 0 Å². The molecule has 0 bridgehead atoms. The maximum Gasteiger partial charge on any atom is 0.124 e. The molecule has 0 saturated heterocycles. The molecule has 0 aromatic carbocycles. The number of alkyl halides is 1. The summed E-state index contributed by atoms with van der Waals surface area (Å²) < 4.78 is 0.544. The van der Waals surface area contributed by atoms with Gasteiger partial charge >= 0.3 is 0 Å². The van der Waals surface area contributed by atoms with Gasteiger partial charge in [0.15, 0.2) is 0 Å². The van der Waals surface area contributed by atoms with E-state index in [0.717, 1.165) is 12.2 Å². The Hall–Kier alpha value is 0.140. The first-order valence-corrected chi connectivity index (χ1v) is 6.52. The van der Waals surface area contributed by atoms with Crippen LogP contribution < -0.4 is 0 Å². The van der Waals surface area contributed by atoms with Crippen LogP contribution in [-0.4, -0.2) is 10.2 Å². The smallest absolute Gasteiger partial charge is 0.124 e. The molecule has 1 nitrogen and oxygen atoms in total. The first-order chi connectivity index (χ1) is 6.52. The standard InChI is InChI=1S/C12H21IO/c1-5-10(3)11(4)12(13)8-9(2)6-7-14/h7-8,10-12H,5-6H2,1-4H3/b9-8-/t10-,11?,12-/m0/s1. The molecule has 0 rings (SSSR count). The summed E-state index contributed by atoms with van der Waals surface area (Å²) in [6.45, 7) is 8.84. The summed E-state index contributed by atoms with van der Waals surface area (Å²) in [6, 6.07) is 0. The van der Waals surface area contributed by atoms with E-state index in [-0.39, 0.29) is 0 Å². The fourth-order valence-corrected chi connectivity index (χ4v) is 2.63. The SMILES string of the molecule is CC[C@H](C)C(C)[C@@H](I)/C=C(/C)CC=O. The minimum atomic E-state index is 0.544. The lowest BCUT2D eigenvalue weighted by Crippen LogP contribution is -2.16. The van der Waals surface area contributed by atoms with Gasteiger partial charge < -0.3 is 4.79 Å². The van der Waals surface area contributed by atoms with Crippen LogP contribution in [-0.2, 0) is 4.79 Å². The molecule has 1 unspecified atom stereocenters. The van der Waals surface area contributed by atoms with Gasteiger partial charge in [-0.15, -0.1) is 0 Å². The van der Waals surface area contributed by atoms with Gasteiger partial charge in [0.25, 0.3) is 0 Å². The van der Waals surface area contributed by atoms with Gasteiger partial charge in [-0.3, -0.25) is 0 Å². The number of rotatable bonds is 6. The van der Waals surface area contributed by atoms with Gasteiger partial charge in [-0.1, -0.05) is 61.4 Å². The summed E-state index contributed by atoms with van der Waals surface area (Å²) >= 11 is 2.47. The first-order valence-electron chi connectivity index (χ1n) is 5.27. The van der Waals surface area contributed by atoms with E-state index >= 15 is 0 Å². The zero-order chi connectivity index (χ0) is 11.1. The molecular weight excluding hydrogens is 287 g/mol. The summed E-state index contributed by atoms with van der Waals surface area (Å²) in [5, 5.41) is 0. The average molecular weight is 308 g/mol. The molecule has 0 aromatic rings. The molecule has 0 saturated carbocycles. The second-order valence-corrected chi connectivity index (χ2v) is 5.51. The molecular formula is C12H21IO. The molecule has 0 spiro atoms. The van der Waals surface area contributed by atoms with Gasteiger partial charge in [0.1, 0.15) is 6.29 Å². The second-order valence-electron chi connectivity index (χ2n) is 4.07. The number of carbonyl (C=O) groups is 1. The van der Waals surface area contributed by atoms with Crippen molar-refractivity contribution in [1.82, 2.24) is 0 Å². The molecule has 0 fully saturated rings. The molecule has 0 aliphatic carbocycles. The summed E-state index contributed by atoms with van der Waals surface area (Å²) in [6.07, 6.45) is 5.00. The molecule has 0 radical (unpaired) electrons. The number of hydrogen-bond acceptors (Lipinski definition) is 1. The third kappa shape index (κ3) is 5.13. The molecule has 0 aliphatic rings. The van der Waals surface area contributed by atoms with Crippen LogP contribution in [0.5, 0.6) is 0 Å². The van der Waals surface area contributed by atoms with Gasteiger partial charge in [0.05, 0.1) is 0 Å². The Balaban J connectivity index is 4.24. The van der Waals surface area contributed by atoms with Crippen LogP contribution in [0, 0.1) is 11.8 Å². The number of carbonyl (C=O) groups excluding carboxylic acids is 1. The van der Waals surface area contributed by atoms with Crippen LogP contribution in [0.2, 0.25) is 0 Å². The van der Waals surface area contributed by atoms with E-state index in [1.54, 1.807) is 0 Å². The van der Waals surface area contributed by atoms with Crippen molar-refractivity contribution in [2.45, 2.75) is 44.5 Å². The number of halogens is 1. The Bertz CT molecular complexity index is 198. The van der Waals surface area contributed by atoms with Crippen LogP contribution in [0.15, 0.2) is 11.6 Å². The van der Waals surface area contributed by atoms with Gasteiger partial charge in [0, 0.05) is 10.3 Å². The van der Waals surface area contributed by atoms with Gasteiger partial charge in [-0.2, -0.15) is 0 Å². The third-order valence-electron chi connectivity index (χ3n) is 2.89. The summed E-state index contributed by atoms with van der Waals surface area (Å²) in [5.74, 6) is 1.43. The van der Waals surface area contributed by atoms with Crippen molar-refractivity contribution in [3.8, 4) is 0 Å². The quantitative estimate of drug-likeness (QED) is 0.314. The van der Waals surface area contributed by atoms with Crippen LogP contribution in [0.25, 0.3) is 0 Å². The maximum atomic E-state index is 10.3. The van der Waals surface area contributed by atoms with E-state index in [1.807, 2.05) is 6.92 Å². The number of allylic oxidation sites excluding steroid dienone is 2. The topological polar surface area (TPSA) is 17.1 Å². The molecule has 0 heterocycles. The molecule has 82 valence electrons. The molecule has 0 aliphatic heterocycles. The van der Waals surface area contributed by atoms with E-state index in [9.17, 15) is 4.79 Å². The van der Waals surface area contributed by atoms with E-state index in [1.165, 1.54) is 12.0 Å². The van der Waals surface area contributed by atoms with Crippen LogP contribution in [0.4, 0.5) is 0 Å². The maximum absolute atomic E-state index is 10.3. The van der Waals surface area contributed by atoms with E-state index in [0.29, 0.717) is 16.3 Å². The van der Waals surface area contributed by atoms with E-state index < -0.39 is 0 Å². The lowest BCUT2D eigenvalue weighted by atomic mass is 9.90. The molecule has 0 aromatic heterocycles. The lowest BCUT2D eigenvalue weighted by molar-refractivity contribution is -0.107. The Morgan fingerprint density at radius 1 is 1.43 bits per heavy atom. The van der Waals surface area contributed by atoms with E-state index in [2.05, 4.69) is 49.4 Å². The zero-order valence-corrected chi connectivity index (χ0v) is 11.7. The first kappa shape index (κ1) is 14.1.